The molecule has 0 aromatic heterocycles. The molecule has 0 saturated carbocycles. The van der Waals surface area contributed by atoms with Gasteiger partial charge < -0.3 is 69.7 Å². The highest BCUT2D eigenvalue weighted by molar-refractivity contribution is 5.96. The second-order valence-corrected chi connectivity index (χ2v) is 15.2. The predicted molar refractivity (Wildman–Crippen MR) is 219 cm³/mol. The largest absolute Gasteiger partial charge is 0.508 e. The first kappa shape index (κ1) is 52.0. The number of nitrogens with one attached hydrogen (secondary N) is 7. The molecule has 1 aromatic carbocycles. The van der Waals surface area contributed by atoms with Gasteiger partial charge >= 0.3 is 5.97 Å². The number of phenolic OH excluding ortho intramolecular Hbond substituents is 1. The average Bonchev–Trinajstić information content (AvgIpc) is 3.15. The van der Waals surface area contributed by atoms with Gasteiger partial charge in [0.1, 0.15) is 36.0 Å². The van der Waals surface area contributed by atoms with E-state index < -0.39 is 103 Å². The monoisotopic (exact) mass is 849 g/mol. The molecule has 0 bridgehead atoms. The lowest BCUT2D eigenvalue weighted by Crippen LogP contribution is -2.60. The zero-order valence-corrected chi connectivity index (χ0v) is 34.9. The zero-order valence-electron chi connectivity index (χ0n) is 34.9. The highest BCUT2D eigenvalue weighted by atomic mass is 16.4. The number of phenols is 1. The quantitative estimate of drug-likeness (QED) is 0.0245. The minimum Gasteiger partial charge on any atom is -0.508 e. The molecule has 0 aliphatic heterocycles. The molecule has 1 aromatic rings. The first-order valence-corrected chi connectivity index (χ1v) is 19.6. The van der Waals surface area contributed by atoms with Crippen LogP contribution in [0, 0.1) is 11.8 Å². The number of hydrogen-bond acceptors (Lipinski definition) is 12. The fourth-order valence-corrected chi connectivity index (χ4v) is 5.57. The summed E-state index contributed by atoms with van der Waals surface area (Å²) in [5, 5.41) is 46.5. The Morgan fingerprint density at radius 1 is 0.667 bits per heavy atom. The van der Waals surface area contributed by atoms with Crippen LogP contribution >= 0.6 is 0 Å². The van der Waals surface area contributed by atoms with Gasteiger partial charge in [-0.2, -0.15) is 0 Å². The number of nitrogens with zero attached hydrogens (tertiary/aromatic N) is 1. The van der Waals surface area contributed by atoms with Crippen LogP contribution < -0.4 is 54.4 Å². The second kappa shape index (κ2) is 26.1. The molecule has 0 unspecified atom stereocenters. The van der Waals surface area contributed by atoms with Gasteiger partial charge in [0.25, 0.3) is 0 Å². The molecule has 60 heavy (non-hydrogen) atoms. The molecule has 336 valence electrons. The van der Waals surface area contributed by atoms with Gasteiger partial charge in [-0.1, -0.05) is 39.8 Å². The van der Waals surface area contributed by atoms with E-state index in [-0.39, 0.29) is 55.8 Å². The summed E-state index contributed by atoms with van der Waals surface area (Å²) in [4.78, 5) is 106. The molecule has 1 rings (SSSR count). The molecule has 0 spiro atoms. The topological polar surface area (TPSA) is 372 Å². The van der Waals surface area contributed by atoms with Crippen molar-refractivity contribution in [3.63, 3.8) is 0 Å². The number of aliphatic carboxylic acids is 1. The summed E-state index contributed by atoms with van der Waals surface area (Å²) in [6.45, 7) is 8.85. The molecular weight excluding hydrogens is 786 g/mol. The van der Waals surface area contributed by atoms with E-state index in [4.69, 9.17) is 17.2 Å². The maximum absolute atomic E-state index is 13.4. The number of aliphatic imine (C=N–C) groups is 1. The summed E-state index contributed by atoms with van der Waals surface area (Å²) in [6, 6.07) is -1.93. The summed E-state index contributed by atoms with van der Waals surface area (Å²) < 4.78 is 0. The first-order valence-electron chi connectivity index (χ1n) is 19.6. The Labute approximate surface area is 349 Å². The molecule has 0 heterocycles. The lowest BCUT2D eigenvalue weighted by molar-refractivity contribution is -0.143. The highest BCUT2D eigenvalue weighted by Crippen LogP contribution is 2.12. The standard InChI is InChI=1S/C38H63N11O11/c1-19(2)14-25(39)33(55)44-18-29(52)46-26(8-7-13-42-38(40)41)34(56)45-21(5)32(54)43-17-30(53)47-27(15-20(3)4)35(57)49-31(22(6)50)36(58)48-28(37(59)60)16-23-9-11-24(51)12-10-23/h9-12,19-22,25-28,31,50-51H,7-8,13-18,39H2,1-6H3,(H,43,54)(H,44,55)(H,45,56)(H,46,52)(H,47,53)(H,48,58)(H,49,57)(H,59,60)(H4,40,41,42)/t21-,22+,25-,26-,27-,28-,31-/m0/s1. The van der Waals surface area contributed by atoms with Crippen molar-refractivity contribution < 1.29 is 53.7 Å². The molecule has 7 amide bonds. The summed E-state index contributed by atoms with van der Waals surface area (Å²) in [7, 11) is 0. The van der Waals surface area contributed by atoms with Crippen LogP contribution in [0.1, 0.15) is 72.8 Å². The third-order valence-electron chi connectivity index (χ3n) is 8.67. The van der Waals surface area contributed by atoms with Crippen molar-refractivity contribution in [3.05, 3.63) is 29.8 Å². The van der Waals surface area contributed by atoms with Gasteiger partial charge in [0.15, 0.2) is 5.96 Å². The minimum atomic E-state index is -1.62. The van der Waals surface area contributed by atoms with Gasteiger partial charge in [-0.15, -0.1) is 0 Å². The number of rotatable bonds is 26. The summed E-state index contributed by atoms with van der Waals surface area (Å²) >= 11 is 0. The van der Waals surface area contributed by atoms with E-state index in [0.717, 1.165) is 0 Å². The zero-order chi connectivity index (χ0) is 45.7. The van der Waals surface area contributed by atoms with Crippen LogP contribution in [0.2, 0.25) is 0 Å². The number of carbonyl (C=O) groups is 8. The van der Waals surface area contributed by atoms with Gasteiger partial charge in [0, 0.05) is 13.0 Å². The molecule has 22 nitrogen and oxygen atoms in total. The molecule has 0 saturated heterocycles. The lowest BCUT2D eigenvalue weighted by Gasteiger charge is -2.27. The van der Waals surface area contributed by atoms with Gasteiger partial charge in [-0.3, -0.25) is 38.6 Å². The van der Waals surface area contributed by atoms with Crippen molar-refractivity contribution in [2.75, 3.05) is 19.6 Å². The van der Waals surface area contributed by atoms with E-state index in [1.807, 2.05) is 13.8 Å². The summed E-state index contributed by atoms with van der Waals surface area (Å²) in [5.41, 5.74) is 17.1. The Morgan fingerprint density at radius 3 is 1.72 bits per heavy atom. The van der Waals surface area contributed by atoms with Crippen molar-refractivity contribution in [2.24, 2.45) is 34.0 Å². The Hall–Kier alpha value is -6.03. The van der Waals surface area contributed by atoms with E-state index in [9.17, 15) is 53.7 Å². The third-order valence-corrected chi connectivity index (χ3v) is 8.67. The van der Waals surface area contributed by atoms with E-state index in [0.29, 0.717) is 12.0 Å². The van der Waals surface area contributed by atoms with E-state index in [1.165, 1.54) is 38.1 Å². The van der Waals surface area contributed by atoms with Crippen LogP contribution in [0.4, 0.5) is 0 Å². The maximum Gasteiger partial charge on any atom is 0.326 e. The number of amides is 7. The van der Waals surface area contributed by atoms with Gasteiger partial charge in [0.2, 0.25) is 41.4 Å². The van der Waals surface area contributed by atoms with Crippen LogP contribution in [0.25, 0.3) is 0 Å². The van der Waals surface area contributed by atoms with Crippen LogP contribution in [0.3, 0.4) is 0 Å². The number of aromatic hydroxyl groups is 1. The predicted octanol–water partition coefficient (Wildman–Crippen LogP) is -3.45. The van der Waals surface area contributed by atoms with Crippen molar-refractivity contribution in [3.8, 4) is 5.75 Å². The number of aliphatic hydroxyl groups is 1. The molecule has 0 aliphatic rings. The number of nitrogens with two attached hydrogens (primary N) is 3. The Bertz CT molecular complexity index is 1650. The normalized spacial score (nSPS) is 14.5. The van der Waals surface area contributed by atoms with Crippen molar-refractivity contribution in [2.45, 2.75) is 116 Å². The number of carboxylic acid groups (broad SMARTS) is 1. The molecule has 0 fully saturated rings. The van der Waals surface area contributed by atoms with E-state index in [1.54, 1.807) is 13.8 Å². The Morgan fingerprint density at radius 2 is 1.20 bits per heavy atom. The van der Waals surface area contributed by atoms with Crippen molar-refractivity contribution >= 4 is 53.3 Å². The number of aliphatic hydroxyl groups excluding tert-OH is 1. The second-order valence-electron chi connectivity index (χ2n) is 15.2. The average molecular weight is 850 g/mol. The molecule has 22 heteroatoms. The maximum atomic E-state index is 13.4. The fraction of sp³-hybridized carbons (Fsp3) is 0.605. The molecule has 0 aliphatic carbocycles. The van der Waals surface area contributed by atoms with E-state index in [2.05, 4.69) is 42.2 Å². The lowest BCUT2D eigenvalue weighted by atomic mass is 10.0. The van der Waals surface area contributed by atoms with Gasteiger partial charge in [-0.25, -0.2) is 4.79 Å². The van der Waals surface area contributed by atoms with Gasteiger partial charge in [0.05, 0.1) is 25.2 Å². The van der Waals surface area contributed by atoms with Crippen LogP contribution in [0.15, 0.2) is 29.3 Å². The molecule has 7 atom stereocenters. The SMILES string of the molecule is CC(C)C[C@H](NC(=O)CNC(=O)[C@H](C)NC(=O)[C@H](CCCN=C(N)N)NC(=O)CNC(=O)[C@@H](N)CC(C)C)C(=O)N[C@H](C(=O)N[C@@H](Cc1ccc(O)cc1)C(=O)O)[C@@H](C)O. The Balaban J connectivity index is 2.91. The minimum absolute atomic E-state index is 0.0406. The first-order chi connectivity index (χ1) is 28.0. The molecule has 16 N–H and O–H groups in total. The highest BCUT2D eigenvalue weighted by Gasteiger charge is 2.33. The molecule has 0 radical (unpaired) electrons. The van der Waals surface area contributed by atoms with Crippen molar-refractivity contribution in [1.29, 1.82) is 0 Å². The van der Waals surface area contributed by atoms with E-state index >= 15 is 0 Å². The molecular formula is C38H63N11O11. The summed E-state index contributed by atoms with van der Waals surface area (Å²) in [5.74, 6) is -7.13. The van der Waals surface area contributed by atoms with Crippen molar-refractivity contribution in [1.82, 2.24) is 37.2 Å². The Kier molecular flexibility index (Phi) is 22.7. The number of hydrogen-bond donors (Lipinski definition) is 13. The number of guanidine groups is 1. The van der Waals surface area contributed by atoms with Crippen LogP contribution in [0.5, 0.6) is 5.75 Å². The fourth-order valence-electron chi connectivity index (χ4n) is 5.57. The number of carboxylic acids is 1. The van der Waals surface area contributed by atoms with Crippen LogP contribution in [-0.4, -0.2) is 131 Å². The third kappa shape index (κ3) is 20.6. The number of carbonyl (C=O) groups excluding carboxylic acids is 7. The van der Waals surface area contributed by atoms with Gasteiger partial charge in [-0.05, 0) is 69.1 Å². The number of benzene rings is 1. The summed E-state index contributed by atoms with van der Waals surface area (Å²) in [6.07, 6.45) is -0.908. The van der Waals surface area contributed by atoms with Crippen LogP contribution in [-0.2, 0) is 44.8 Å². The smallest absolute Gasteiger partial charge is 0.326 e.